The Balaban J connectivity index is 1.52. The number of anilines is 2. The number of rotatable bonds is 5. The number of hydrogen-bond acceptors (Lipinski definition) is 6. The van der Waals surface area contributed by atoms with Crippen LogP contribution in [-0.4, -0.2) is 60.1 Å². The summed E-state index contributed by atoms with van der Waals surface area (Å²) >= 11 is 0. The molecule has 1 aromatic carbocycles. The highest BCUT2D eigenvalue weighted by Gasteiger charge is 2.26. The molecule has 0 radical (unpaired) electrons. The summed E-state index contributed by atoms with van der Waals surface area (Å²) in [5, 5.41) is 2.96. The molecule has 0 spiro atoms. The highest BCUT2D eigenvalue weighted by atomic mass is 16.5. The maximum absolute atomic E-state index is 12.5. The summed E-state index contributed by atoms with van der Waals surface area (Å²) < 4.78 is 5.13. The van der Waals surface area contributed by atoms with Crippen LogP contribution in [0, 0.1) is 0 Å². The van der Waals surface area contributed by atoms with Gasteiger partial charge in [-0.05, 0) is 37.3 Å². The zero-order valence-electron chi connectivity index (χ0n) is 14.6. The molecule has 2 heterocycles. The lowest BCUT2D eigenvalue weighted by molar-refractivity contribution is -0.120. The fraction of sp³-hybridized carbons (Fsp3) is 0.389. The highest BCUT2D eigenvalue weighted by molar-refractivity contribution is 5.94. The molecule has 3 rings (SSSR count). The minimum atomic E-state index is -0.194. The van der Waals surface area contributed by atoms with Crippen molar-refractivity contribution in [1.82, 2.24) is 14.9 Å². The molecule has 0 unspecified atom stereocenters. The van der Waals surface area contributed by atoms with E-state index < -0.39 is 0 Å². The second kappa shape index (κ2) is 7.94. The molecule has 2 aromatic rings. The zero-order valence-corrected chi connectivity index (χ0v) is 14.6. The van der Waals surface area contributed by atoms with E-state index in [1.807, 2.05) is 37.3 Å². The van der Waals surface area contributed by atoms with Gasteiger partial charge in [-0.25, -0.2) is 9.97 Å². The third-order valence-electron chi connectivity index (χ3n) is 4.43. The van der Waals surface area contributed by atoms with E-state index in [0.29, 0.717) is 0 Å². The number of benzene rings is 1. The quantitative estimate of drug-likeness (QED) is 0.891. The van der Waals surface area contributed by atoms with Crippen molar-refractivity contribution in [3.8, 4) is 5.75 Å². The first-order valence-electron chi connectivity index (χ1n) is 8.38. The molecule has 1 fully saturated rings. The minimum Gasteiger partial charge on any atom is -0.497 e. The number of piperazine rings is 1. The largest absolute Gasteiger partial charge is 0.497 e. The summed E-state index contributed by atoms with van der Waals surface area (Å²) in [6.45, 7) is 5.16. The van der Waals surface area contributed by atoms with Crippen molar-refractivity contribution >= 4 is 17.5 Å². The van der Waals surface area contributed by atoms with Crippen molar-refractivity contribution < 1.29 is 9.53 Å². The average Bonchev–Trinajstić information content (AvgIpc) is 2.69. The van der Waals surface area contributed by atoms with Gasteiger partial charge >= 0.3 is 0 Å². The van der Waals surface area contributed by atoms with Gasteiger partial charge in [-0.1, -0.05) is 0 Å². The van der Waals surface area contributed by atoms with E-state index in [1.54, 1.807) is 19.5 Å². The number of carbonyl (C=O) groups excluding carboxylic acids is 1. The van der Waals surface area contributed by atoms with Crippen LogP contribution < -0.4 is 15.0 Å². The van der Waals surface area contributed by atoms with E-state index in [4.69, 9.17) is 4.74 Å². The number of carbonyl (C=O) groups is 1. The summed E-state index contributed by atoms with van der Waals surface area (Å²) in [6.07, 6.45) is 3.50. The highest BCUT2D eigenvalue weighted by Crippen LogP contribution is 2.17. The second-order valence-electron chi connectivity index (χ2n) is 5.97. The van der Waals surface area contributed by atoms with E-state index in [0.717, 1.165) is 43.6 Å². The SMILES string of the molecule is COc1ccc(NC(=O)[C@@H](C)N2CCN(c3ncccn3)CC2)cc1. The van der Waals surface area contributed by atoms with Crippen LogP contribution in [-0.2, 0) is 4.79 Å². The standard InChI is InChI=1S/C18H23N5O2/c1-14(17(24)21-15-4-6-16(25-2)7-5-15)22-10-12-23(13-11-22)18-19-8-3-9-20-18/h3-9,14H,10-13H2,1-2H3,(H,21,24)/t14-/m1/s1. The summed E-state index contributed by atoms with van der Waals surface area (Å²) in [5.41, 5.74) is 0.772. The monoisotopic (exact) mass is 341 g/mol. The van der Waals surface area contributed by atoms with Crippen molar-refractivity contribution in [1.29, 1.82) is 0 Å². The normalized spacial score (nSPS) is 16.3. The molecular formula is C18H23N5O2. The number of methoxy groups -OCH3 is 1. The first kappa shape index (κ1) is 17.2. The molecule has 7 nitrogen and oxygen atoms in total. The van der Waals surface area contributed by atoms with E-state index in [-0.39, 0.29) is 11.9 Å². The van der Waals surface area contributed by atoms with Gasteiger partial charge in [0.05, 0.1) is 13.2 Å². The topological polar surface area (TPSA) is 70.6 Å². The number of ether oxygens (including phenoxy) is 1. The summed E-state index contributed by atoms with van der Waals surface area (Å²) in [6, 6.07) is 8.96. The molecule has 1 N–H and O–H groups in total. The second-order valence-corrected chi connectivity index (χ2v) is 5.97. The molecule has 1 aromatic heterocycles. The molecule has 1 aliphatic heterocycles. The first-order valence-corrected chi connectivity index (χ1v) is 8.38. The molecular weight excluding hydrogens is 318 g/mol. The predicted octanol–water partition coefficient (Wildman–Crippen LogP) is 1.63. The third kappa shape index (κ3) is 4.24. The van der Waals surface area contributed by atoms with Crippen LogP contribution in [0.4, 0.5) is 11.6 Å². The number of aromatic nitrogens is 2. The van der Waals surface area contributed by atoms with Crippen LogP contribution in [0.2, 0.25) is 0 Å². The Morgan fingerprint density at radius 3 is 2.36 bits per heavy atom. The third-order valence-corrected chi connectivity index (χ3v) is 4.43. The summed E-state index contributed by atoms with van der Waals surface area (Å²) in [4.78, 5) is 25.4. The fourth-order valence-electron chi connectivity index (χ4n) is 2.85. The Morgan fingerprint density at radius 1 is 1.12 bits per heavy atom. The molecule has 1 amide bonds. The molecule has 1 saturated heterocycles. The number of amides is 1. The van der Waals surface area contributed by atoms with Crippen LogP contribution in [0.1, 0.15) is 6.92 Å². The molecule has 132 valence electrons. The Bertz CT molecular complexity index is 684. The number of nitrogens with zero attached hydrogens (tertiary/aromatic N) is 4. The van der Waals surface area contributed by atoms with Crippen LogP contribution in [0.25, 0.3) is 0 Å². The number of hydrogen-bond donors (Lipinski definition) is 1. The van der Waals surface area contributed by atoms with Crippen LogP contribution in [0.5, 0.6) is 5.75 Å². The zero-order chi connectivity index (χ0) is 17.6. The Labute approximate surface area is 147 Å². The lowest BCUT2D eigenvalue weighted by atomic mass is 10.2. The molecule has 0 aliphatic carbocycles. The Hall–Kier alpha value is -2.67. The Kier molecular flexibility index (Phi) is 5.45. The van der Waals surface area contributed by atoms with Crippen molar-refractivity contribution in [2.24, 2.45) is 0 Å². The van der Waals surface area contributed by atoms with Crippen LogP contribution >= 0.6 is 0 Å². The molecule has 1 atom stereocenters. The Morgan fingerprint density at radius 2 is 1.76 bits per heavy atom. The minimum absolute atomic E-state index is 0.00502. The number of nitrogens with one attached hydrogen (secondary N) is 1. The molecule has 7 heteroatoms. The van der Waals surface area contributed by atoms with Crippen molar-refractivity contribution in [2.45, 2.75) is 13.0 Å². The van der Waals surface area contributed by atoms with Crippen LogP contribution in [0.3, 0.4) is 0 Å². The van der Waals surface area contributed by atoms with Gasteiger partial charge in [0, 0.05) is 44.3 Å². The average molecular weight is 341 g/mol. The van der Waals surface area contributed by atoms with Gasteiger partial charge in [0.2, 0.25) is 11.9 Å². The van der Waals surface area contributed by atoms with Gasteiger partial charge in [-0.15, -0.1) is 0 Å². The van der Waals surface area contributed by atoms with Crippen molar-refractivity contribution in [3.05, 3.63) is 42.7 Å². The van der Waals surface area contributed by atoms with Gasteiger partial charge in [-0.2, -0.15) is 0 Å². The van der Waals surface area contributed by atoms with Gasteiger partial charge in [-0.3, -0.25) is 9.69 Å². The molecule has 1 aliphatic rings. The van der Waals surface area contributed by atoms with Crippen LogP contribution in [0.15, 0.2) is 42.7 Å². The predicted molar refractivity (Wildman–Crippen MR) is 96.9 cm³/mol. The maximum atomic E-state index is 12.5. The van der Waals surface area contributed by atoms with Crippen molar-refractivity contribution in [3.63, 3.8) is 0 Å². The maximum Gasteiger partial charge on any atom is 0.241 e. The molecule has 0 saturated carbocycles. The lowest BCUT2D eigenvalue weighted by Crippen LogP contribution is -2.53. The summed E-state index contributed by atoms with van der Waals surface area (Å²) in [5.74, 6) is 1.51. The fourth-order valence-corrected chi connectivity index (χ4v) is 2.85. The van der Waals surface area contributed by atoms with Crippen molar-refractivity contribution in [2.75, 3.05) is 43.5 Å². The van der Waals surface area contributed by atoms with Gasteiger partial charge < -0.3 is 15.0 Å². The molecule has 0 bridgehead atoms. The van der Waals surface area contributed by atoms with Gasteiger partial charge in [0.25, 0.3) is 0 Å². The molecule has 25 heavy (non-hydrogen) atoms. The van der Waals surface area contributed by atoms with Gasteiger partial charge in [0.1, 0.15) is 5.75 Å². The van der Waals surface area contributed by atoms with E-state index in [9.17, 15) is 4.79 Å². The van der Waals surface area contributed by atoms with E-state index in [2.05, 4.69) is 25.1 Å². The van der Waals surface area contributed by atoms with Gasteiger partial charge in [0.15, 0.2) is 0 Å². The smallest absolute Gasteiger partial charge is 0.241 e. The van der Waals surface area contributed by atoms with E-state index >= 15 is 0 Å². The first-order chi connectivity index (χ1) is 12.2. The lowest BCUT2D eigenvalue weighted by Gasteiger charge is -2.37. The summed E-state index contributed by atoms with van der Waals surface area (Å²) in [7, 11) is 1.62. The van der Waals surface area contributed by atoms with E-state index in [1.165, 1.54) is 0 Å².